The number of hydrogen-bond acceptors (Lipinski definition) is 7. The molecule has 2 unspecified atom stereocenters. The summed E-state index contributed by atoms with van der Waals surface area (Å²) >= 11 is 0. The van der Waals surface area contributed by atoms with Gasteiger partial charge in [0.05, 0.1) is 51.9 Å². The van der Waals surface area contributed by atoms with Crippen molar-refractivity contribution in [3.8, 4) is 0 Å². The highest BCUT2D eigenvalue weighted by molar-refractivity contribution is 6.24. The maximum Gasteiger partial charge on any atom is 0.422 e. The molecule has 0 fully saturated rings. The van der Waals surface area contributed by atoms with Gasteiger partial charge in [-0.2, -0.15) is 13.2 Å². The van der Waals surface area contributed by atoms with Gasteiger partial charge in [-0.3, -0.25) is 19.3 Å². The minimum absolute atomic E-state index is 0.0704. The minimum Gasteiger partial charge on any atom is -0.469 e. The second kappa shape index (κ2) is 14.3. The highest BCUT2D eigenvalue weighted by atomic mass is 19.4. The molecule has 0 spiro atoms. The number of amides is 2. The van der Waals surface area contributed by atoms with E-state index in [0.29, 0.717) is 57.7 Å². The maximum atomic E-state index is 15.2. The van der Waals surface area contributed by atoms with Gasteiger partial charge in [-0.05, 0) is 106 Å². The van der Waals surface area contributed by atoms with Gasteiger partial charge >= 0.3 is 12.1 Å². The van der Waals surface area contributed by atoms with E-state index >= 15 is 13.2 Å². The van der Waals surface area contributed by atoms with Crippen LogP contribution < -0.4 is 0 Å². The number of allylic oxidation sites excluding steroid dienone is 5. The van der Waals surface area contributed by atoms with Crippen molar-refractivity contribution in [2.75, 3.05) is 13.7 Å². The Morgan fingerprint density at radius 1 is 0.965 bits per heavy atom. The average Bonchev–Trinajstić information content (AvgIpc) is 3.85. The normalized spacial score (nSPS) is 21.6. The summed E-state index contributed by atoms with van der Waals surface area (Å²) in [4.78, 5) is 59.8. The van der Waals surface area contributed by atoms with E-state index in [2.05, 4.69) is 16.9 Å². The highest BCUT2D eigenvalue weighted by Crippen LogP contribution is 2.59. The van der Waals surface area contributed by atoms with Gasteiger partial charge in [0.2, 0.25) is 0 Å². The number of nitrogens with one attached hydrogen (secondary N) is 2. The fraction of sp³-hybridized carbons (Fsp3) is 0.432. The summed E-state index contributed by atoms with van der Waals surface area (Å²) in [6.45, 7) is 12.7. The Kier molecular flexibility index (Phi) is 9.99. The zero-order chi connectivity index (χ0) is 41.4. The number of rotatable bonds is 9. The van der Waals surface area contributed by atoms with Crippen LogP contribution >= 0.6 is 0 Å². The lowest BCUT2D eigenvalue weighted by Crippen LogP contribution is -2.59. The molecule has 10 nitrogen and oxygen atoms in total. The third kappa shape index (κ3) is 5.82. The number of carbonyl (C=O) groups excluding carboxylic acids is 3. The predicted octanol–water partition coefficient (Wildman–Crippen LogP) is 9.43. The van der Waals surface area contributed by atoms with E-state index in [1.54, 1.807) is 26.0 Å². The number of unbranched alkanes of at least 4 members (excludes halogenated alkanes) is 3. The molecule has 2 aromatic heterocycles. The van der Waals surface area contributed by atoms with Crippen LogP contribution in [0.25, 0.3) is 45.0 Å². The molecule has 8 bridgehead atoms. The zero-order valence-corrected chi connectivity index (χ0v) is 33.6. The quantitative estimate of drug-likeness (QED) is 0.131. The van der Waals surface area contributed by atoms with E-state index < -0.39 is 35.0 Å². The van der Waals surface area contributed by atoms with Gasteiger partial charge in [0.15, 0.2) is 5.60 Å². The van der Waals surface area contributed by atoms with Crippen molar-refractivity contribution in [3.05, 3.63) is 80.7 Å². The lowest BCUT2D eigenvalue weighted by molar-refractivity contribution is -0.255. The van der Waals surface area contributed by atoms with Gasteiger partial charge in [-0.1, -0.05) is 45.3 Å². The SMILES string of the molecule is C/C=C1\c2cc3nc(cc4[nH]c5c(c6nc(c7c([nH]2)C1(C)C(O)(C(F)(F)F)C=C7)C(C)=C6CCC(=O)OC)C(=O)N(CCCCCC)C(=O)c5c4C)C(CC)=C3C. The van der Waals surface area contributed by atoms with Gasteiger partial charge in [0, 0.05) is 35.4 Å². The largest absolute Gasteiger partial charge is 0.469 e. The number of aliphatic hydroxyl groups is 1. The molecule has 4 aliphatic heterocycles. The molecule has 2 atom stereocenters. The number of carbonyl (C=O) groups is 3. The van der Waals surface area contributed by atoms with Crippen molar-refractivity contribution in [1.82, 2.24) is 24.8 Å². The standard InChI is InChI=1S/C44H48F3N5O5/c1-9-12-13-14-19-52-40(54)34-24(6)30-20-31-25(10-2)22(4)29(48-31)21-32-28(11-3)42(7)39(50-32)27(17-18-43(42,56)44(45,46)47)36-23(5)26(15-16-33(53)57-8)37(51-36)35(41(52)55)38(34)49-30/h11,17-18,20-21,49-50,56H,9-10,12-16,19H2,1-8H3/b28-11+,31-20?,32-21?,37-35?. The molecule has 2 amide bonds. The molecule has 5 aliphatic rings. The van der Waals surface area contributed by atoms with Crippen molar-refractivity contribution in [2.24, 2.45) is 0 Å². The van der Waals surface area contributed by atoms with Crippen LogP contribution in [0.4, 0.5) is 13.2 Å². The van der Waals surface area contributed by atoms with Crippen molar-refractivity contribution in [1.29, 1.82) is 0 Å². The third-order valence-corrected chi connectivity index (χ3v) is 12.4. The van der Waals surface area contributed by atoms with E-state index in [0.717, 1.165) is 36.5 Å². The Hall–Kier alpha value is -5.30. The third-order valence-electron chi connectivity index (χ3n) is 12.4. The van der Waals surface area contributed by atoms with Crippen LogP contribution in [-0.2, 0) is 14.9 Å². The Balaban J connectivity index is 1.69. The molecule has 2 aromatic rings. The molecule has 6 heterocycles. The summed E-state index contributed by atoms with van der Waals surface area (Å²) in [6.07, 6.45) is 2.41. The number of ether oxygens (including phenoxy) is 1. The van der Waals surface area contributed by atoms with Crippen molar-refractivity contribution < 1.29 is 37.4 Å². The van der Waals surface area contributed by atoms with Crippen LogP contribution in [0.1, 0.15) is 152 Å². The van der Waals surface area contributed by atoms with Gasteiger partial charge in [-0.15, -0.1) is 0 Å². The van der Waals surface area contributed by atoms with Crippen LogP contribution in [0, 0.1) is 6.92 Å². The monoisotopic (exact) mass is 783 g/mol. The molecule has 300 valence electrons. The Labute approximate surface area is 329 Å². The van der Waals surface area contributed by atoms with Crippen LogP contribution in [0.3, 0.4) is 0 Å². The molecule has 0 saturated carbocycles. The fourth-order valence-electron chi connectivity index (χ4n) is 9.15. The van der Waals surface area contributed by atoms with E-state index in [1.165, 1.54) is 25.0 Å². The number of aromatic nitrogens is 4. The van der Waals surface area contributed by atoms with Crippen molar-refractivity contribution in [3.63, 3.8) is 0 Å². The molecule has 3 N–H and O–H groups in total. The molecule has 0 saturated heterocycles. The van der Waals surface area contributed by atoms with E-state index in [4.69, 9.17) is 14.7 Å². The van der Waals surface area contributed by atoms with Crippen molar-refractivity contribution in [2.45, 2.75) is 111 Å². The zero-order valence-electron chi connectivity index (χ0n) is 33.6. The lowest BCUT2D eigenvalue weighted by atomic mass is 9.62. The van der Waals surface area contributed by atoms with Gasteiger partial charge in [0.25, 0.3) is 11.8 Å². The second-order valence-electron chi connectivity index (χ2n) is 15.5. The number of nitrogens with zero attached hydrogens (tertiary/aromatic N) is 3. The Morgan fingerprint density at radius 2 is 1.68 bits per heavy atom. The number of H-pyrrole nitrogens is 2. The summed E-state index contributed by atoms with van der Waals surface area (Å²) in [5.74, 6) is -1.50. The highest BCUT2D eigenvalue weighted by Gasteiger charge is 2.68. The molecule has 7 rings (SSSR count). The van der Waals surface area contributed by atoms with E-state index in [9.17, 15) is 19.5 Å². The first kappa shape index (κ1) is 39.9. The van der Waals surface area contributed by atoms with Gasteiger partial charge in [-0.25, -0.2) is 9.97 Å². The number of aryl methyl sites for hydroxylation is 1. The van der Waals surface area contributed by atoms with Crippen LogP contribution in [0.2, 0.25) is 0 Å². The second-order valence-corrected chi connectivity index (χ2v) is 15.5. The lowest BCUT2D eigenvalue weighted by Gasteiger charge is -2.45. The topological polar surface area (TPSA) is 141 Å². The summed E-state index contributed by atoms with van der Waals surface area (Å²) in [5, 5.41) is 11.8. The van der Waals surface area contributed by atoms with Crippen LogP contribution in [-0.4, -0.2) is 73.2 Å². The molecule has 57 heavy (non-hydrogen) atoms. The Bertz CT molecular complexity index is 2460. The maximum absolute atomic E-state index is 15.2. The first-order valence-corrected chi connectivity index (χ1v) is 19.6. The Morgan fingerprint density at radius 3 is 2.33 bits per heavy atom. The molecule has 1 aliphatic carbocycles. The number of fused-ring (bicyclic) bond motifs is 8. The number of aromatic amines is 2. The summed E-state index contributed by atoms with van der Waals surface area (Å²) in [5.41, 5.74) is 1.81. The number of esters is 1. The van der Waals surface area contributed by atoms with E-state index in [1.807, 2.05) is 26.8 Å². The smallest absolute Gasteiger partial charge is 0.422 e. The molecule has 0 aromatic carbocycles. The molecule has 13 heteroatoms. The number of alkyl halides is 3. The number of methoxy groups -OCH3 is 1. The van der Waals surface area contributed by atoms with Gasteiger partial charge in [0.1, 0.15) is 0 Å². The minimum atomic E-state index is -5.09. The molecular weight excluding hydrogens is 736 g/mol. The van der Waals surface area contributed by atoms with E-state index in [-0.39, 0.29) is 58.7 Å². The first-order chi connectivity index (χ1) is 27.0. The molecular formula is C44H48F3N5O5. The fourth-order valence-corrected chi connectivity index (χ4v) is 9.15. The number of hydrogen-bond donors (Lipinski definition) is 3. The van der Waals surface area contributed by atoms with Crippen LogP contribution in [0.5, 0.6) is 0 Å². The number of halogens is 3. The summed E-state index contributed by atoms with van der Waals surface area (Å²) < 4.78 is 50.6. The van der Waals surface area contributed by atoms with Gasteiger partial charge < -0.3 is 19.8 Å². The number of imide groups is 1. The van der Waals surface area contributed by atoms with Crippen molar-refractivity contribution >= 4 is 62.8 Å². The first-order valence-electron chi connectivity index (χ1n) is 19.6. The van der Waals surface area contributed by atoms with Crippen LogP contribution in [0.15, 0.2) is 24.3 Å². The summed E-state index contributed by atoms with van der Waals surface area (Å²) in [6, 6.07) is 3.56. The predicted molar refractivity (Wildman–Crippen MR) is 214 cm³/mol. The average molecular weight is 784 g/mol. The molecule has 0 radical (unpaired) electrons. The summed E-state index contributed by atoms with van der Waals surface area (Å²) in [7, 11) is 1.28.